The summed E-state index contributed by atoms with van der Waals surface area (Å²) >= 11 is 0. The fourth-order valence-corrected chi connectivity index (χ4v) is 5.95. The van der Waals surface area contributed by atoms with Crippen LogP contribution in [-0.4, -0.2) is 57.8 Å². The van der Waals surface area contributed by atoms with Crippen molar-refractivity contribution in [2.45, 2.75) is 77.4 Å². The molecule has 2 fully saturated rings. The zero-order valence-corrected chi connectivity index (χ0v) is 22.3. The van der Waals surface area contributed by atoms with Crippen LogP contribution in [0.15, 0.2) is 36.4 Å². The molecule has 0 aromatic heterocycles. The van der Waals surface area contributed by atoms with Gasteiger partial charge in [-0.15, -0.1) is 0 Å². The van der Waals surface area contributed by atoms with Gasteiger partial charge in [-0.3, -0.25) is 24.6 Å². The van der Waals surface area contributed by atoms with Gasteiger partial charge in [0.25, 0.3) is 5.91 Å². The van der Waals surface area contributed by atoms with Crippen molar-refractivity contribution in [3.8, 4) is 0 Å². The van der Waals surface area contributed by atoms with Gasteiger partial charge in [-0.25, -0.2) is 4.39 Å². The Morgan fingerprint density at radius 3 is 2.58 bits per heavy atom. The molecule has 8 nitrogen and oxygen atoms in total. The fraction of sp³-hybridized carbons (Fsp3) is 0.483. The molecule has 0 aliphatic carbocycles. The van der Waals surface area contributed by atoms with Gasteiger partial charge >= 0.3 is 0 Å². The first kappa shape index (κ1) is 25.0. The third-order valence-corrected chi connectivity index (χ3v) is 7.14. The van der Waals surface area contributed by atoms with Crippen molar-refractivity contribution in [1.82, 2.24) is 15.1 Å². The molecule has 3 heterocycles. The quantitative estimate of drug-likeness (QED) is 0.563. The van der Waals surface area contributed by atoms with Gasteiger partial charge in [0.05, 0.1) is 12.6 Å². The minimum atomic E-state index is -1.86. The standard InChI is InChI=1S/C29H35FN4O4/c1-28(2)16-33(17-29(3,4)38-28)14-18-8-9-22(30)19(12-18)13-31-23-7-5-6-20-21(23)15-34(27(20)37)24-10-11-25(35)32-26(24)36/h5-9,12,24,31H,10-11,13-17H2,1-4H3,(H,32,35,36)/t24-/m1/s1/i24D. The molecule has 1 atom stereocenters. The van der Waals surface area contributed by atoms with Gasteiger partial charge < -0.3 is 15.0 Å². The highest BCUT2D eigenvalue weighted by Gasteiger charge is 2.40. The lowest BCUT2D eigenvalue weighted by Gasteiger charge is -2.47. The summed E-state index contributed by atoms with van der Waals surface area (Å²) < 4.78 is 29.7. The SMILES string of the molecule is [2H][C@@]1(N2Cc3c(NCc4cc(CN5CC(C)(C)OC(C)(C)C5)ccc4F)cccc3C2=O)CCC(=O)NC1=O. The van der Waals surface area contributed by atoms with Crippen LogP contribution < -0.4 is 10.6 Å². The molecule has 2 saturated heterocycles. The molecule has 2 aromatic rings. The van der Waals surface area contributed by atoms with E-state index < -0.39 is 23.7 Å². The number of amides is 3. The van der Waals surface area contributed by atoms with Crippen LogP contribution in [0.2, 0.25) is 0 Å². The molecular weight excluding hydrogens is 487 g/mol. The Morgan fingerprint density at radius 2 is 1.87 bits per heavy atom. The van der Waals surface area contributed by atoms with Gasteiger partial charge in [0, 0.05) is 61.5 Å². The van der Waals surface area contributed by atoms with E-state index in [1.165, 1.54) is 11.0 Å². The number of hydrogen-bond donors (Lipinski definition) is 2. The van der Waals surface area contributed by atoms with Crippen LogP contribution >= 0.6 is 0 Å². The number of rotatable bonds is 6. The summed E-state index contributed by atoms with van der Waals surface area (Å²) in [5, 5.41) is 5.44. The van der Waals surface area contributed by atoms with Gasteiger partial charge in [-0.05, 0) is 63.9 Å². The van der Waals surface area contributed by atoms with E-state index in [-0.39, 0.29) is 43.0 Å². The van der Waals surface area contributed by atoms with E-state index in [1.807, 2.05) is 6.07 Å². The molecule has 3 aliphatic rings. The van der Waals surface area contributed by atoms with Crippen molar-refractivity contribution in [2.75, 3.05) is 18.4 Å². The Morgan fingerprint density at radius 1 is 1.13 bits per heavy atom. The first-order chi connectivity index (χ1) is 18.3. The van der Waals surface area contributed by atoms with Gasteiger partial charge in [-0.2, -0.15) is 0 Å². The molecule has 0 bridgehead atoms. The lowest BCUT2D eigenvalue weighted by atomic mass is 9.98. The number of piperidine rings is 1. The lowest BCUT2D eigenvalue weighted by molar-refractivity contribution is -0.182. The average Bonchev–Trinajstić information content (AvgIpc) is 3.18. The van der Waals surface area contributed by atoms with Crippen molar-refractivity contribution in [2.24, 2.45) is 0 Å². The third kappa shape index (κ3) is 5.44. The molecule has 3 amide bonds. The third-order valence-electron chi connectivity index (χ3n) is 7.14. The lowest BCUT2D eigenvalue weighted by Crippen LogP contribution is -2.56. The maximum Gasteiger partial charge on any atom is 0.255 e. The zero-order valence-electron chi connectivity index (χ0n) is 23.3. The number of imide groups is 1. The summed E-state index contributed by atoms with van der Waals surface area (Å²) in [6.45, 7) is 10.8. The van der Waals surface area contributed by atoms with E-state index in [0.717, 1.165) is 18.7 Å². The Hall–Kier alpha value is -3.30. The molecule has 2 N–H and O–H groups in total. The molecule has 5 rings (SSSR count). The van der Waals surface area contributed by atoms with Crippen LogP contribution in [0.3, 0.4) is 0 Å². The number of hydrogen-bond acceptors (Lipinski definition) is 6. The predicted molar refractivity (Wildman–Crippen MR) is 141 cm³/mol. The first-order valence-corrected chi connectivity index (χ1v) is 13.0. The summed E-state index contributed by atoms with van der Waals surface area (Å²) in [5.41, 5.74) is 2.61. The van der Waals surface area contributed by atoms with Crippen molar-refractivity contribution in [3.05, 3.63) is 64.5 Å². The minimum Gasteiger partial charge on any atom is -0.381 e. The van der Waals surface area contributed by atoms with E-state index in [0.29, 0.717) is 28.9 Å². The molecule has 0 unspecified atom stereocenters. The number of benzene rings is 2. The summed E-state index contributed by atoms with van der Waals surface area (Å²) in [6.07, 6.45) is -0.0643. The van der Waals surface area contributed by atoms with Crippen molar-refractivity contribution >= 4 is 23.4 Å². The van der Waals surface area contributed by atoms with Crippen LogP contribution in [0.5, 0.6) is 0 Å². The topological polar surface area (TPSA) is 91.0 Å². The second-order valence-electron chi connectivity index (χ2n) is 11.6. The van der Waals surface area contributed by atoms with Crippen molar-refractivity contribution in [3.63, 3.8) is 0 Å². The van der Waals surface area contributed by atoms with Crippen molar-refractivity contribution in [1.29, 1.82) is 0 Å². The van der Waals surface area contributed by atoms with Crippen LogP contribution in [-0.2, 0) is 34.0 Å². The second kappa shape index (κ2) is 9.78. The highest BCUT2D eigenvalue weighted by atomic mass is 19.1. The molecular formula is C29H35FN4O4. The number of nitrogens with zero attached hydrogens (tertiary/aromatic N) is 2. The number of ether oxygens (including phenoxy) is 1. The van der Waals surface area contributed by atoms with Crippen LogP contribution in [0.1, 0.15) is 69.0 Å². The molecule has 0 radical (unpaired) electrons. The van der Waals surface area contributed by atoms with E-state index in [1.54, 1.807) is 24.3 Å². The molecule has 2 aromatic carbocycles. The predicted octanol–water partition coefficient (Wildman–Crippen LogP) is 3.59. The Bertz CT molecular complexity index is 1330. The Balaban J connectivity index is 1.31. The molecule has 9 heteroatoms. The van der Waals surface area contributed by atoms with Crippen LogP contribution in [0.4, 0.5) is 10.1 Å². The highest BCUT2D eigenvalue weighted by Crippen LogP contribution is 2.33. The van der Waals surface area contributed by atoms with E-state index in [9.17, 15) is 18.8 Å². The van der Waals surface area contributed by atoms with E-state index in [4.69, 9.17) is 6.11 Å². The van der Waals surface area contributed by atoms with Gasteiger partial charge in [-0.1, -0.05) is 12.1 Å². The van der Waals surface area contributed by atoms with Gasteiger partial charge in [0.1, 0.15) is 11.8 Å². The molecule has 202 valence electrons. The maximum atomic E-state index is 14.8. The smallest absolute Gasteiger partial charge is 0.255 e. The molecule has 3 aliphatic heterocycles. The fourth-order valence-electron chi connectivity index (χ4n) is 5.95. The average molecular weight is 524 g/mol. The number of nitrogens with one attached hydrogen (secondary N) is 2. The summed E-state index contributed by atoms with van der Waals surface area (Å²) in [5.74, 6) is -1.99. The van der Waals surface area contributed by atoms with Crippen LogP contribution in [0, 0.1) is 5.82 Å². The highest BCUT2D eigenvalue weighted by molar-refractivity contribution is 6.06. The van der Waals surface area contributed by atoms with Gasteiger partial charge in [0.15, 0.2) is 0 Å². The van der Waals surface area contributed by atoms with E-state index >= 15 is 0 Å². The molecule has 0 saturated carbocycles. The number of halogens is 1. The molecule has 0 spiro atoms. The maximum absolute atomic E-state index is 14.8. The summed E-state index contributed by atoms with van der Waals surface area (Å²) in [7, 11) is 0. The number of anilines is 1. The molecule has 38 heavy (non-hydrogen) atoms. The Kier molecular flexibility index (Phi) is 6.44. The van der Waals surface area contributed by atoms with Gasteiger partial charge in [0.2, 0.25) is 11.8 Å². The number of morpholine rings is 1. The largest absolute Gasteiger partial charge is 0.381 e. The number of carbonyl (C=O) groups excluding carboxylic acids is 3. The van der Waals surface area contributed by atoms with Crippen molar-refractivity contribution < 1.29 is 24.9 Å². The first-order valence-electron chi connectivity index (χ1n) is 13.5. The Labute approximate surface area is 223 Å². The summed E-state index contributed by atoms with van der Waals surface area (Å²) in [4.78, 5) is 40.8. The monoisotopic (exact) mass is 523 g/mol. The van der Waals surface area contributed by atoms with Crippen LogP contribution in [0.25, 0.3) is 0 Å². The normalized spacial score (nSPS) is 25.1. The second-order valence-corrected chi connectivity index (χ2v) is 11.6. The number of fused-ring (bicyclic) bond motifs is 1. The zero-order chi connectivity index (χ0) is 28.2. The number of carbonyl (C=O) groups is 3. The summed E-state index contributed by atoms with van der Waals surface area (Å²) in [6, 6.07) is 8.47. The van der Waals surface area contributed by atoms with E-state index in [2.05, 4.69) is 43.2 Å². The minimum absolute atomic E-state index is 0.00443.